The molecule has 0 saturated heterocycles. The highest BCUT2D eigenvalue weighted by atomic mass is 32.2. The van der Waals surface area contributed by atoms with Crippen LogP contribution in [-0.2, 0) is 9.92 Å². The molecule has 0 aliphatic rings. The Bertz CT molecular complexity index is 461. The second kappa shape index (κ2) is 6.02. The van der Waals surface area contributed by atoms with E-state index >= 15 is 0 Å². The summed E-state index contributed by atoms with van der Waals surface area (Å²) in [4.78, 5) is 0.726. The average Bonchev–Trinajstić information content (AvgIpc) is 2.35. The summed E-state index contributed by atoms with van der Waals surface area (Å²) in [5.74, 6) is 0. The van der Waals surface area contributed by atoms with Crippen molar-refractivity contribution < 1.29 is 4.21 Å². The van der Waals surface area contributed by atoms with E-state index in [0.29, 0.717) is 18.8 Å². The number of hydrogen-bond donors (Lipinski definition) is 1. The van der Waals surface area contributed by atoms with Gasteiger partial charge in [-0.3, -0.25) is 0 Å². The van der Waals surface area contributed by atoms with Gasteiger partial charge in [0.2, 0.25) is 0 Å². The molecule has 0 fully saturated rings. The molecule has 0 aliphatic heterocycles. The number of nitrogens with zero attached hydrogens (tertiary/aromatic N) is 2. The second-order valence-electron chi connectivity index (χ2n) is 3.86. The quantitative estimate of drug-likeness (QED) is 0.821. The Morgan fingerprint density at radius 1 is 1.29 bits per heavy atom. The molecule has 1 atom stereocenters. The van der Waals surface area contributed by atoms with Gasteiger partial charge in [0.25, 0.3) is 0 Å². The van der Waals surface area contributed by atoms with E-state index in [1.54, 1.807) is 28.6 Å². The van der Waals surface area contributed by atoms with Crippen LogP contribution in [0.4, 0.5) is 5.69 Å². The number of anilines is 1. The number of benzene rings is 1. The average molecular weight is 255 g/mol. The number of nitrogens with two attached hydrogens (primary N) is 1. The molecule has 1 rings (SSSR count). The molecule has 1 unspecified atom stereocenters. The van der Waals surface area contributed by atoms with E-state index < -0.39 is 9.92 Å². The summed E-state index contributed by atoms with van der Waals surface area (Å²) in [6.07, 6.45) is 0.892. The molecule has 0 bridgehead atoms. The summed E-state index contributed by atoms with van der Waals surface area (Å²) < 4.78 is 19.1. The number of rotatable bonds is 5. The van der Waals surface area contributed by atoms with Crippen LogP contribution in [0.3, 0.4) is 0 Å². The lowest BCUT2D eigenvalue weighted by atomic mass is 10.3. The van der Waals surface area contributed by atoms with Gasteiger partial charge in [-0.2, -0.15) is 0 Å². The SMILES string of the molecule is CCCN=S(=O)(c1ccc(N)cc1)N(C)CC. The molecular weight excluding hydrogens is 234 g/mol. The largest absolute Gasteiger partial charge is 0.399 e. The van der Waals surface area contributed by atoms with Crippen molar-refractivity contribution >= 4 is 15.6 Å². The molecule has 4 nitrogen and oxygen atoms in total. The van der Waals surface area contributed by atoms with E-state index in [9.17, 15) is 4.21 Å². The van der Waals surface area contributed by atoms with E-state index in [4.69, 9.17) is 5.73 Å². The van der Waals surface area contributed by atoms with E-state index in [1.807, 2.05) is 20.9 Å². The van der Waals surface area contributed by atoms with Crippen molar-refractivity contribution in [1.82, 2.24) is 4.31 Å². The Labute approximate surface area is 104 Å². The molecule has 0 spiro atoms. The first kappa shape index (κ1) is 14.0. The summed E-state index contributed by atoms with van der Waals surface area (Å²) in [5.41, 5.74) is 6.31. The Hall–Kier alpha value is -1.07. The maximum atomic E-state index is 12.9. The van der Waals surface area contributed by atoms with Gasteiger partial charge >= 0.3 is 0 Å². The van der Waals surface area contributed by atoms with Gasteiger partial charge in [0.15, 0.2) is 0 Å². The Morgan fingerprint density at radius 2 is 1.88 bits per heavy atom. The fourth-order valence-corrected chi connectivity index (χ4v) is 3.36. The van der Waals surface area contributed by atoms with Crippen molar-refractivity contribution in [3.8, 4) is 0 Å². The molecule has 1 aromatic carbocycles. The lowest BCUT2D eigenvalue weighted by Crippen LogP contribution is -2.26. The van der Waals surface area contributed by atoms with Crippen molar-refractivity contribution in [3.63, 3.8) is 0 Å². The minimum absolute atomic E-state index is 0.605. The molecule has 0 amide bonds. The van der Waals surface area contributed by atoms with Gasteiger partial charge < -0.3 is 5.73 Å². The summed E-state index contributed by atoms with van der Waals surface area (Å²) in [7, 11) is -0.641. The minimum Gasteiger partial charge on any atom is -0.399 e. The van der Waals surface area contributed by atoms with Crippen LogP contribution in [-0.4, -0.2) is 28.7 Å². The molecule has 0 aromatic heterocycles. The third-order valence-corrected chi connectivity index (χ3v) is 5.07. The fraction of sp³-hybridized carbons (Fsp3) is 0.500. The van der Waals surface area contributed by atoms with E-state index in [1.165, 1.54) is 0 Å². The highest BCUT2D eigenvalue weighted by Crippen LogP contribution is 2.18. The molecule has 1 aromatic rings. The maximum Gasteiger partial charge on any atom is 0.139 e. The highest BCUT2D eigenvalue weighted by Gasteiger charge is 2.16. The Kier molecular flexibility index (Phi) is 4.96. The zero-order valence-electron chi connectivity index (χ0n) is 10.7. The topological polar surface area (TPSA) is 58.7 Å². The lowest BCUT2D eigenvalue weighted by Gasteiger charge is -2.20. The predicted molar refractivity (Wildman–Crippen MR) is 73.2 cm³/mol. The molecule has 0 saturated carbocycles. The molecule has 2 N–H and O–H groups in total. The van der Waals surface area contributed by atoms with Crippen LogP contribution >= 0.6 is 0 Å². The van der Waals surface area contributed by atoms with Gasteiger partial charge in [0.1, 0.15) is 9.92 Å². The standard InChI is InChI=1S/C12H21N3OS/c1-4-10-14-17(16,15(3)5-2)12-8-6-11(13)7-9-12/h6-9H,4-5,10,13H2,1-3H3. The van der Waals surface area contributed by atoms with Crippen molar-refractivity contribution in [2.24, 2.45) is 4.36 Å². The fourth-order valence-electron chi connectivity index (χ4n) is 1.39. The minimum atomic E-state index is -2.47. The summed E-state index contributed by atoms with van der Waals surface area (Å²) in [6, 6.07) is 7.12. The molecule has 0 heterocycles. The first-order chi connectivity index (χ1) is 8.04. The highest BCUT2D eigenvalue weighted by molar-refractivity contribution is 7.91. The molecule has 96 valence electrons. The van der Waals surface area contributed by atoms with Crippen LogP contribution in [0.15, 0.2) is 33.5 Å². The molecule has 0 aliphatic carbocycles. The third kappa shape index (κ3) is 3.20. The number of hydrogen-bond acceptors (Lipinski definition) is 3. The van der Waals surface area contributed by atoms with Crippen molar-refractivity contribution in [2.75, 3.05) is 25.9 Å². The van der Waals surface area contributed by atoms with Crippen LogP contribution < -0.4 is 5.73 Å². The summed E-state index contributed by atoms with van der Waals surface area (Å²) in [5, 5.41) is 0. The van der Waals surface area contributed by atoms with Crippen LogP contribution in [0.25, 0.3) is 0 Å². The third-order valence-electron chi connectivity index (χ3n) is 2.54. The zero-order chi connectivity index (χ0) is 12.9. The monoisotopic (exact) mass is 255 g/mol. The lowest BCUT2D eigenvalue weighted by molar-refractivity contribution is 0.536. The van der Waals surface area contributed by atoms with Crippen LogP contribution in [0.1, 0.15) is 20.3 Å². The van der Waals surface area contributed by atoms with Crippen LogP contribution in [0.2, 0.25) is 0 Å². The number of nitrogen functional groups attached to an aromatic ring is 1. The van der Waals surface area contributed by atoms with E-state index in [0.717, 1.165) is 11.3 Å². The first-order valence-corrected chi connectivity index (χ1v) is 7.31. The molecule has 5 heteroatoms. The van der Waals surface area contributed by atoms with Gasteiger partial charge in [-0.15, -0.1) is 0 Å². The first-order valence-electron chi connectivity index (χ1n) is 5.84. The van der Waals surface area contributed by atoms with E-state index in [2.05, 4.69) is 4.36 Å². The van der Waals surface area contributed by atoms with Crippen molar-refractivity contribution in [1.29, 1.82) is 0 Å². The van der Waals surface area contributed by atoms with Gasteiger partial charge in [-0.05, 0) is 30.7 Å². The smallest absolute Gasteiger partial charge is 0.139 e. The van der Waals surface area contributed by atoms with Gasteiger partial charge in [-0.1, -0.05) is 13.8 Å². The molecule has 17 heavy (non-hydrogen) atoms. The van der Waals surface area contributed by atoms with E-state index in [-0.39, 0.29) is 0 Å². The van der Waals surface area contributed by atoms with Crippen molar-refractivity contribution in [2.45, 2.75) is 25.2 Å². The Morgan fingerprint density at radius 3 is 2.35 bits per heavy atom. The summed E-state index contributed by atoms with van der Waals surface area (Å²) in [6.45, 7) is 5.29. The second-order valence-corrected chi connectivity index (χ2v) is 6.21. The molecular formula is C12H21N3OS. The predicted octanol–water partition coefficient (Wildman–Crippen LogP) is 2.37. The Balaban J connectivity index is 3.24. The maximum absolute atomic E-state index is 12.9. The van der Waals surface area contributed by atoms with Crippen LogP contribution in [0.5, 0.6) is 0 Å². The summed E-state index contributed by atoms with van der Waals surface area (Å²) >= 11 is 0. The van der Waals surface area contributed by atoms with Gasteiger partial charge in [0.05, 0.1) is 4.90 Å². The van der Waals surface area contributed by atoms with Crippen molar-refractivity contribution in [3.05, 3.63) is 24.3 Å². The van der Waals surface area contributed by atoms with Crippen LogP contribution in [0, 0.1) is 0 Å². The normalized spacial score (nSPS) is 14.6. The van der Waals surface area contributed by atoms with Gasteiger partial charge in [0, 0.05) is 25.8 Å². The zero-order valence-corrected chi connectivity index (χ0v) is 11.5. The van der Waals surface area contributed by atoms with Gasteiger partial charge in [-0.25, -0.2) is 12.9 Å². The molecule has 0 radical (unpaired) electrons.